The molecule has 1 unspecified atom stereocenters. The van der Waals surface area contributed by atoms with Crippen molar-refractivity contribution in [1.29, 1.82) is 0 Å². The highest BCUT2D eigenvalue weighted by Gasteiger charge is 2.39. The summed E-state index contributed by atoms with van der Waals surface area (Å²) >= 11 is 0. The molecular formula is C21H21N3O3. The van der Waals surface area contributed by atoms with Gasteiger partial charge >= 0.3 is 6.03 Å². The third-order valence-corrected chi connectivity index (χ3v) is 5.18. The predicted molar refractivity (Wildman–Crippen MR) is 101 cm³/mol. The van der Waals surface area contributed by atoms with Crippen molar-refractivity contribution in [1.82, 2.24) is 15.1 Å². The summed E-state index contributed by atoms with van der Waals surface area (Å²) in [6.07, 6.45) is 0.958. The molecular weight excluding hydrogens is 342 g/mol. The van der Waals surface area contributed by atoms with Gasteiger partial charge in [0.15, 0.2) is 0 Å². The minimum absolute atomic E-state index is 0.0250. The van der Waals surface area contributed by atoms with E-state index in [1.165, 1.54) is 4.90 Å². The van der Waals surface area contributed by atoms with Crippen LogP contribution in [0.5, 0.6) is 0 Å². The second kappa shape index (κ2) is 7.23. The number of amides is 4. The zero-order valence-electron chi connectivity index (χ0n) is 14.9. The molecule has 1 N–H and O–H groups in total. The van der Waals surface area contributed by atoms with Gasteiger partial charge in [0.25, 0.3) is 0 Å². The van der Waals surface area contributed by atoms with Gasteiger partial charge in [-0.25, -0.2) is 4.79 Å². The average molecular weight is 363 g/mol. The first-order chi connectivity index (χ1) is 13.1. The number of hydrogen-bond acceptors (Lipinski definition) is 3. The number of benzene rings is 2. The summed E-state index contributed by atoms with van der Waals surface area (Å²) in [4.78, 5) is 39.2. The van der Waals surface area contributed by atoms with Crippen molar-refractivity contribution in [3.8, 4) is 11.1 Å². The van der Waals surface area contributed by atoms with Crippen LogP contribution < -0.4 is 5.32 Å². The molecule has 2 aliphatic heterocycles. The molecule has 0 aliphatic carbocycles. The largest absolute Gasteiger partial charge is 0.340 e. The fraction of sp³-hybridized carbons (Fsp3) is 0.286. The number of carbonyl (C=O) groups excluding carboxylic acids is 3. The van der Waals surface area contributed by atoms with Gasteiger partial charge in [0, 0.05) is 13.1 Å². The maximum absolute atomic E-state index is 12.6. The smallest absolute Gasteiger partial charge is 0.324 e. The molecule has 0 radical (unpaired) electrons. The lowest BCUT2D eigenvalue weighted by molar-refractivity contribution is -0.131. The van der Waals surface area contributed by atoms with Gasteiger partial charge in [-0.3, -0.25) is 14.5 Å². The van der Waals surface area contributed by atoms with Gasteiger partial charge in [0.2, 0.25) is 11.8 Å². The summed E-state index contributed by atoms with van der Waals surface area (Å²) in [5.41, 5.74) is 3.22. The van der Waals surface area contributed by atoms with Crippen molar-refractivity contribution in [2.45, 2.75) is 18.9 Å². The Morgan fingerprint density at radius 2 is 1.70 bits per heavy atom. The Balaban J connectivity index is 1.37. The van der Waals surface area contributed by atoms with Crippen molar-refractivity contribution in [3.05, 3.63) is 60.2 Å². The van der Waals surface area contributed by atoms with Crippen LogP contribution in [0.15, 0.2) is 54.6 Å². The molecule has 0 bridgehead atoms. The first-order valence-corrected chi connectivity index (χ1v) is 9.14. The first-order valence-electron chi connectivity index (χ1n) is 9.14. The van der Waals surface area contributed by atoms with Crippen molar-refractivity contribution < 1.29 is 14.4 Å². The number of nitrogens with zero attached hydrogens (tertiary/aromatic N) is 2. The zero-order chi connectivity index (χ0) is 18.8. The lowest BCUT2D eigenvalue weighted by atomic mass is 10.0. The van der Waals surface area contributed by atoms with Gasteiger partial charge < -0.3 is 10.2 Å². The highest BCUT2D eigenvalue weighted by molar-refractivity contribution is 6.02. The van der Waals surface area contributed by atoms with Crippen LogP contribution in [0.2, 0.25) is 0 Å². The predicted octanol–water partition coefficient (Wildman–Crippen LogP) is 2.05. The van der Waals surface area contributed by atoms with Gasteiger partial charge in [0.05, 0.1) is 19.0 Å². The Labute approximate surface area is 157 Å². The summed E-state index contributed by atoms with van der Waals surface area (Å²) in [5.74, 6) is -0.187. The fourth-order valence-electron chi connectivity index (χ4n) is 3.72. The van der Waals surface area contributed by atoms with Crippen molar-refractivity contribution >= 4 is 17.8 Å². The van der Waals surface area contributed by atoms with E-state index in [4.69, 9.17) is 0 Å². The second-order valence-electron chi connectivity index (χ2n) is 6.94. The van der Waals surface area contributed by atoms with Gasteiger partial charge in [-0.15, -0.1) is 0 Å². The summed E-state index contributed by atoms with van der Waals surface area (Å²) in [5, 5.41) is 2.53. The lowest BCUT2D eigenvalue weighted by Crippen LogP contribution is -2.43. The monoisotopic (exact) mass is 363 g/mol. The van der Waals surface area contributed by atoms with Crippen LogP contribution in [0, 0.1) is 0 Å². The van der Waals surface area contributed by atoms with Crippen LogP contribution in [-0.4, -0.2) is 53.3 Å². The third kappa shape index (κ3) is 3.56. The van der Waals surface area contributed by atoms with E-state index in [1.54, 1.807) is 4.90 Å². The Hall–Kier alpha value is -3.15. The van der Waals surface area contributed by atoms with Crippen LogP contribution in [0.4, 0.5) is 4.79 Å². The maximum atomic E-state index is 12.6. The molecule has 4 amide bonds. The molecule has 0 spiro atoms. The minimum Gasteiger partial charge on any atom is -0.340 e. The topological polar surface area (TPSA) is 69.7 Å². The molecule has 2 fully saturated rings. The van der Waals surface area contributed by atoms with E-state index in [0.717, 1.165) is 16.7 Å². The van der Waals surface area contributed by atoms with E-state index < -0.39 is 0 Å². The summed E-state index contributed by atoms with van der Waals surface area (Å²) in [6.45, 7) is 1.04. The van der Waals surface area contributed by atoms with Gasteiger partial charge in [-0.1, -0.05) is 54.6 Å². The molecule has 6 heteroatoms. The quantitative estimate of drug-likeness (QED) is 0.846. The Morgan fingerprint density at radius 3 is 2.37 bits per heavy atom. The molecule has 2 aliphatic rings. The van der Waals surface area contributed by atoms with E-state index >= 15 is 0 Å². The molecule has 2 saturated heterocycles. The third-order valence-electron chi connectivity index (χ3n) is 5.18. The second-order valence-corrected chi connectivity index (χ2v) is 6.94. The van der Waals surface area contributed by atoms with Crippen LogP contribution in [-0.2, 0) is 16.0 Å². The fourth-order valence-corrected chi connectivity index (χ4v) is 3.72. The maximum Gasteiger partial charge on any atom is 0.324 e. The first kappa shape index (κ1) is 17.3. The molecule has 27 heavy (non-hydrogen) atoms. The summed E-state index contributed by atoms with van der Waals surface area (Å²) in [7, 11) is 0. The normalized spacial score (nSPS) is 19.5. The minimum atomic E-state index is -0.351. The van der Waals surface area contributed by atoms with E-state index in [0.29, 0.717) is 25.9 Å². The molecule has 2 aromatic rings. The Bertz CT molecular complexity index is 848. The number of urea groups is 1. The number of carbonyl (C=O) groups is 3. The highest BCUT2D eigenvalue weighted by atomic mass is 16.2. The number of imide groups is 1. The zero-order valence-corrected chi connectivity index (χ0v) is 14.9. The van der Waals surface area contributed by atoms with Crippen molar-refractivity contribution in [3.63, 3.8) is 0 Å². The lowest BCUT2D eigenvalue weighted by Gasteiger charge is -2.21. The van der Waals surface area contributed by atoms with Crippen LogP contribution in [0.25, 0.3) is 11.1 Å². The summed E-state index contributed by atoms with van der Waals surface area (Å²) < 4.78 is 0. The van der Waals surface area contributed by atoms with E-state index in [-0.39, 0.29) is 30.4 Å². The highest BCUT2D eigenvalue weighted by Crippen LogP contribution is 2.21. The Kier molecular flexibility index (Phi) is 4.62. The van der Waals surface area contributed by atoms with Crippen molar-refractivity contribution in [2.75, 3.05) is 19.6 Å². The Morgan fingerprint density at radius 1 is 1.00 bits per heavy atom. The molecule has 6 nitrogen and oxygen atoms in total. The van der Waals surface area contributed by atoms with Gasteiger partial charge in [-0.05, 0) is 23.1 Å². The van der Waals surface area contributed by atoms with Crippen LogP contribution >= 0.6 is 0 Å². The SMILES string of the molecule is O=C(Cc1ccc(-c2ccccc2)cc1)N1CCC(N2C(=O)CNC2=O)C1. The molecule has 2 heterocycles. The number of nitrogens with one attached hydrogen (secondary N) is 1. The number of likely N-dealkylation sites (tertiary alicyclic amines) is 1. The van der Waals surface area contributed by atoms with Crippen molar-refractivity contribution in [2.24, 2.45) is 0 Å². The van der Waals surface area contributed by atoms with E-state index in [9.17, 15) is 14.4 Å². The van der Waals surface area contributed by atoms with E-state index in [1.807, 2.05) is 42.5 Å². The van der Waals surface area contributed by atoms with Crippen LogP contribution in [0.1, 0.15) is 12.0 Å². The van der Waals surface area contributed by atoms with E-state index in [2.05, 4.69) is 17.4 Å². The van der Waals surface area contributed by atoms with Gasteiger partial charge in [-0.2, -0.15) is 0 Å². The van der Waals surface area contributed by atoms with Gasteiger partial charge in [0.1, 0.15) is 0 Å². The standard InChI is InChI=1S/C21H21N3O3/c25-19(23-11-10-18(14-23)24-20(26)13-22-21(24)27)12-15-6-8-17(9-7-15)16-4-2-1-3-5-16/h1-9,18H,10-14H2,(H,22,27). The summed E-state index contributed by atoms with van der Waals surface area (Å²) in [6, 6.07) is 17.5. The average Bonchev–Trinajstić information content (AvgIpc) is 3.29. The number of rotatable bonds is 4. The molecule has 138 valence electrons. The van der Waals surface area contributed by atoms with Crippen LogP contribution in [0.3, 0.4) is 0 Å². The molecule has 4 rings (SSSR count). The molecule has 1 atom stereocenters. The number of hydrogen-bond donors (Lipinski definition) is 1. The molecule has 0 saturated carbocycles. The molecule has 0 aromatic heterocycles. The molecule has 2 aromatic carbocycles.